The van der Waals surface area contributed by atoms with E-state index in [9.17, 15) is 4.79 Å². The molecule has 1 rings (SSSR count). The van der Waals surface area contributed by atoms with Gasteiger partial charge >= 0.3 is 0 Å². The van der Waals surface area contributed by atoms with Crippen LogP contribution in [0.15, 0.2) is 23.7 Å². The first-order chi connectivity index (χ1) is 9.62. The Kier molecular flexibility index (Phi) is 6.75. The topological polar surface area (TPSA) is 54.0 Å². The number of carbonyl (C=O) groups excluding carboxylic acids is 1. The van der Waals surface area contributed by atoms with Crippen LogP contribution in [0.3, 0.4) is 0 Å². The minimum absolute atomic E-state index is 0.218. The second-order valence-electron chi connectivity index (χ2n) is 4.40. The van der Waals surface area contributed by atoms with Crippen molar-refractivity contribution >= 4 is 5.78 Å². The van der Waals surface area contributed by atoms with Crippen LogP contribution in [0.1, 0.15) is 33.6 Å². The van der Waals surface area contributed by atoms with Crippen molar-refractivity contribution in [2.45, 2.75) is 39.4 Å². The SMILES string of the molecule is CCCOC1=CC(OC)(OCC)C=C(OCCC)C1=O. The van der Waals surface area contributed by atoms with Crippen LogP contribution < -0.4 is 0 Å². The van der Waals surface area contributed by atoms with Gasteiger partial charge in [0.1, 0.15) is 0 Å². The van der Waals surface area contributed by atoms with Crippen LogP contribution in [-0.4, -0.2) is 38.5 Å². The highest BCUT2D eigenvalue weighted by molar-refractivity contribution is 6.06. The van der Waals surface area contributed by atoms with Crippen LogP contribution in [-0.2, 0) is 23.7 Å². The first kappa shape index (κ1) is 16.7. The molecule has 0 aromatic heterocycles. The van der Waals surface area contributed by atoms with Crippen molar-refractivity contribution in [3.05, 3.63) is 23.7 Å². The summed E-state index contributed by atoms with van der Waals surface area (Å²) in [5, 5.41) is 0. The highest BCUT2D eigenvalue weighted by Crippen LogP contribution is 2.28. The Morgan fingerprint density at radius 1 is 1.00 bits per heavy atom. The maximum atomic E-state index is 12.2. The number of carbonyl (C=O) groups is 1. The second-order valence-corrected chi connectivity index (χ2v) is 4.40. The standard InChI is InChI=1S/C15H24O5/c1-5-8-18-12-10-15(17-4,20-7-3)11-13(14(12)16)19-9-6-2/h10-11H,5-9H2,1-4H3. The number of Topliss-reactive ketones (excluding diaryl/α,β-unsaturated/α-hetero) is 1. The van der Waals surface area contributed by atoms with Crippen LogP contribution in [0.25, 0.3) is 0 Å². The third kappa shape index (κ3) is 4.08. The molecule has 5 heteroatoms. The van der Waals surface area contributed by atoms with E-state index in [0.717, 1.165) is 12.8 Å². The fraction of sp³-hybridized carbons (Fsp3) is 0.667. The lowest BCUT2D eigenvalue weighted by Crippen LogP contribution is -2.36. The predicted octanol–water partition coefficient (Wildman–Crippen LogP) is 2.57. The summed E-state index contributed by atoms with van der Waals surface area (Å²) in [7, 11) is 1.52. The average Bonchev–Trinajstić information content (AvgIpc) is 2.46. The van der Waals surface area contributed by atoms with Crippen LogP contribution in [0, 0.1) is 0 Å². The summed E-state index contributed by atoms with van der Waals surface area (Å²) < 4.78 is 22.0. The molecule has 0 heterocycles. The summed E-state index contributed by atoms with van der Waals surface area (Å²) in [5.41, 5.74) is 0. The molecule has 20 heavy (non-hydrogen) atoms. The molecule has 0 unspecified atom stereocenters. The Balaban J connectivity index is 3.02. The highest BCUT2D eigenvalue weighted by atomic mass is 16.7. The fourth-order valence-corrected chi connectivity index (χ4v) is 1.78. The number of ether oxygens (including phenoxy) is 4. The molecular weight excluding hydrogens is 260 g/mol. The summed E-state index contributed by atoms with van der Waals surface area (Å²) in [6.07, 6.45) is 4.75. The molecule has 0 aromatic carbocycles. The Hall–Kier alpha value is -1.33. The lowest BCUT2D eigenvalue weighted by Gasteiger charge is -2.30. The van der Waals surface area contributed by atoms with E-state index in [2.05, 4.69) is 0 Å². The predicted molar refractivity (Wildman–Crippen MR) is 75.0 cm³/mol. The number of methoxy groups -OCH3 is 1. The van der Waals surface area contributed by atoms with Gasteiger partial charge in [-0.25, -0.2) is 0 Å². The molecule has 5 nitrogen and oxygen atoms in total. The van der Waals surface area contributed by atoms with E-state index in [1.165, 1.54) is 7.11 Å². The number of hydrogen-bond donors (Lipinski definition) is 0. The van der Waals surface area contributed by atoms with Crippen molar-refractivity contribution in [2.75, 3.05) is 26.9 Å². The van der Waals surface area contributed by atoms with Gasteiger partial charge in [-0.15, -0.1) is 0 Å². The molecule has 0 amide bonds. The third-order valence-electron chi connectivity index (χ3n) is 2.72. The van der Waals surface area contributed by atoms with Gasteiger partial charge in [0.25, 0.3) is 5.78 Å². The molecule has 0 aliphatic heterocycles. The zero-order chi connectivity index (χ0) is 15.0. The summed E-state index contributed by atoms with van der Waals surface area (Å²) >= 11 is 0. The molecule has 1 aliphatic carbocycles. The van der Waals surface area contributed by atoms with Crippen molar-refractivity contribution in [3.63, 3.8) is 0 Å². The van der Waals surface area contributed by atoms with Gasteiger partial charge in [-0.1, -0.05) is 13.8 Å². The maximum absolute atomic E-state index is 12.2. The third-order valence-corrected chi connectivity index (χ3v) is 2.72. The first-order valence-corrected chi connectivity index (χ1v) is 7.07. The average molecular weight is 284 g/mol. The molecule has 0 N–H and O–H groups in total. The van der Waals surface area contributed by atoms with Crippen molar-refractivity contribution in [2.24, 2.45) is 0 Å². The molecule has 0 saturated heterocycles. The Morgan fingerprint density at radius 2 is 1.50 bits per heavy atom. The number of rotatable bonds is 9. The van der Waals surface area contributed by atoms with E-state index >= 15 is 0 Å². The molecule has 0 saturated carbocycles. The maximum Gasteiger partial charge on any atom is 0.261 e. The zero-order valence-corrected chi connectivity index (χ0v) is 12.7. The van der Waals surface area contributed by atoms with E-state index in [1.54, 1.807) is 12.2 Å². The van der Waals surface area contributed by atoms with Gasteiger partial charge in [-0.05, 0) is 19.8 Å². The van der Waals surface area contributed by atoms with E-state index in [4.69, 9.17) is 18.9 Å². The van der Waals surface area contributed by atoms with Crippen molar-refractivity contribution in [1.29, 1.82) is 0 Å². The summed E-state index contributed by atoms with van der Waals surface area (Å²) in [5.74, 6) is -0.930. The summed E-state index contributed by atoms with van der Waals surface area (Å²) in [4.78, 5) is 12.2. The van der Waals surface area contributed by atoms with E-state index in [0.29, 0.717) is 19.8 Å². The number of ketones is 1. The van der Waals surface area contributed by atoms with E-state index in [-0.39, 0.29) is 17.3 Å². The molecule has 0 bridgehead atoms. The molecule has 0 aromatic rings. The monoisotopic (exact) mass is 284 g/mol. The minimum atomic E-state index is -1.10. The molecule has 0 atom stereocenters. The molecule has 0 spiro atoms. The van der Waals surface area contributed by atoms with Gasteiger partial charge in [0, 0.05) is 25.9 Å². The smallest absolute Gasteiger partial charge is 0.261 e. The van der Waals surface area contributed by atoms with Gasteiger partial charge in [0.15, 0.2) is 11.5 Å². The summed E-state index contributed by atoms with van der Waals surface area (Å²) in [6, 6.07) is 0. The Morgan fingerprint density at radius 3 is 1.85 bits per heavy atom. The number of hydrogen-bond acceptors (Lipinski definition) is 5. The zero-order valence-electron chi connectivity index (χ0n) is 12.7. The van der Waals surface area contributed by atoms with Crippen molar-refractivity contribution in [3.8, 4) is 0 Å². The van der Waals surface area contributed by atoms with Crippen molar-refractivity contribution in [1.82, 2.24) is 0 Å². The van der Waals surface area contributed by atoms with E-state index < -0.39 is 5.79 Å². The van der Waals surface area contributed by atoms with Crippen molar-refractivity contribution < 1.29 is 23.7 Å². The minimum Gasteiger partial charge on any atom is -0.489 e. The van der Waals surface area contributed by atoms with Crippen LogP contribution >= 0.6 is 0 Å². The Labute approximate surface area is 120 Å². The fourth-order valence-electron chi connectivity index (χ4n) is 1.78. The molecule has 0 radical (unpaired) electrons. The largest absolute Gasteiger partial charge is 0.489 e. The van der Waals surface area contributed by atoms with Crippen LogP contribution in [0.5, 0.6) is 0 Å². The van der Waals surface area contributed by atoms with E-state index in [1.807, 2.05) is 20.8 Å². The first-order valence-electron chi connectivity index (χ1n) is 7.07. The lowest BCUT2D eigenvalue weighted by atomic mass is 10.0. The Bertz CT molecular complexity index is 356. The lowest BCUT2D eigenvalue weighted by molar-refractivity contribution is -0.157. The molecule has 0 fully saturated rings. The quantitative estimate of drug-likeness (QED) is 0.609. The van der Waals surface area contributed by atoms with Gasteiger partial charge in [0.2, 0.25) is 5.79 Å². The normalized spacial score (nSPS) is 17.5. The highest BCUT2D eigenvalue weighted by Gasteiger charge is 2.37. The molecular formula is C15H24O5. The summed E-state index contributed by atoms with van der Waals surface area (Å²) in [6.45, 7) is 7.18. The van der Waals surface area contributed by atoms with Gasteiger partial charge in [-0.2, -0.15) is 0 Å². The van der Waals surface area contributed by atoms with Crippen LogP contribution in [0.4, 0.5) is 0 Å². The van der Waals surface area contributed by atoms with Crippen LogP contribution in [0.2, 0.25) is 0 Å². The van der Waals surface area contributed by atoms with Gasteiger partial charge < -0.3 is 18.9 Å². The molecule has 114 valence electrons. The second kappa shape index (κ2) is 8.07. The van der Waals surface area contributed by atoms with Gasteiger partial charge in [-0.3, -0.25) is 4.79 Å². The van der Waals surface area contributed by atoms with Gasteiger partial charge in [0.05, 0.1) is 13.2 Å². The molecule has 1 aliphatic rings.